The summed E-state index contributed by atoms with van der Waals surface area (Å²) in [6.45, 7) is 2.62. The molecule has 2 aromatic rings. The lowest BCUT2D eigenvalue weighted by atomic mass is 10.2. The maximum Gasteiger partial charge on any atom is 0.285 e. The zero-order valence-electron chi connectivity index (χ0n) is 15.3. The van der Waals surface area contributed by atoms with Gasteiger partial charge < -0.3 is 9.47 Å². The van der Waals surface area contributed by atoms with Crippen LogP contribution in [0.2, 0.25) is 0 Å². The molecule has 28 heavy (non-hydrogen) atoms. The van der Waals surface area contributed by atoms with Crippen LogP contribution in [0, 0.1) is 0 Å². The number of rotatable bonds is 7. The molecule has 146 valence electrons. The fourth-order valence-corrected chi connectivity index (χ4v) is 4.18. The van der Waals surface area contributed by atoms with Crippen LogP contribution in [0.15, 0.2) is 40.6 Å². The van der Waals surface area contributed by atoms with Crippen LogP contribution in [0.5, 0.6) is 11.5 Å². The molecule has 1 aliphatic rings. The van der Waals surface area contributed by atoms with Crippen molar-refractivity contribution in [1.29, 1.82) is 0 Å². The van der Waals surface area contributed by atoms with Gasteiger partial charge in [-0.15, -0.1) is 11.3 Å². The first-order valence-electron chi connectivity index (χ1n) is 8.46. The highest BCUT2D eigenvalue weighted by Gasteiger charge is 2.34. The first-order valence-corrected chi connectivity index (χ1v) is 10.6. The zero-order chi connectivity index (χ0) is 20.1. The van der Waals surface area contributed by atoms with Crippen LogP contribution in [0.4, 0.5) is 0 Å². The number of nitrogens with one attached hydrogen (secondary N) is 1. The summed E-state index contributed by atoms with van der Waals surface area (Å²) in [6.07, 6.45) is 2.60. The summed E-state index contributed by atoms with van der Waals surface area (Å²) in [5, 5.41) is 2.89. The molecule has 0 atom stereocenters. The van der Waals surface area contributed by atoms with E-state index in [0.29, 0.717) is 27.9 Å². The topological polar surface area (TPSA) is 67.9 Å². The molecular formula is C19H18N2O4S3. The molecule has 1 aromatic heterocycles. The number of hydrazine groups is 1. The molecule has 3 rings (SSSR count). The van der Waals surface area contributed by atoms with E-state index in [-0.39, 0.29) is 16.1 Å². The number of ether oxygens (including phenoxy) is 2. The molecule has 2 amide bonds. The number of hydrogen-bond acceptors (Lipinski definition) is 7. The molecule has 9 heteroatoms. The molecule has 0 saturated carbocycles. The van der Waals surface area contributed by atoms with Crippen molar-refractivity contribution in [2.24, 2.45) is 0 Å². The van der Waals surface area contributed by atoms with Crippen LogP contribution >= 0.6 is 35.3 Å². The zero-order valence-corrected chi connectivity index (χ0v) is 17.7. The van der Waals surface area contributed by atoms with Crippen molar-refractivity contribution in [3.63, 3.8) is 0 Å². The van der Waals surface area contributed by atoms with Gasteiger partial charge >= 0.3 is 0 Å². The van der Waals surface area contributed by atoms with Gasteiger partial charge in [0.1, 0.15) is 0 Å². The molecular weight excluding hydrogens is 416 g/mol. The highest BCUT2D eigenvalue weighted by molar-refractivity contribution is 8.26. The lowest BCUT2D eigenvalue weighted by molar-refractivity contribution is -0.123. The predicted octanol–water partition coefficient (Wildman–Crippen LogP) is 4.09. The van der Waals surface area contributed by atoms with Crippen LogP contribution in [-0.2, 0) is 4.79 Å². The SMILES string of the molecule is CCCOc1ccc(/C=C2\SC(=S)N(NC(=O)c3cccs3)C2=O)cc1OC. The summed E-state index contributed by atoms with van der Waals surface area (Å²) in [7, 11) is 1.57. The number of thiocarbonyl (C=S) groups is 1. The van der Waals surface area contributed by atoms with Crippen molar-refractivity contribution < 1.29 is 19.1 Å². The van der Waals surface area contributed by atoms with Crippen LogP contribution in [-0.4, -0.2) is 34.9 Å². The van der Waals surface area contributed by atoms with Crippen LogP contribution < -0.4 is 14.9 Å². The summed E-state index contributed by atoms with van der Waals surface area (Å²) < 4.78 is 11.3. The second-order valence-electron chi connectivity index (χ2n) is 5.69. The van der Waals surface area contributed by atoms with E-state index in [1.807, 2.05) is 13.0 Å². The van der Waals surface area contributed by atoms with Gasteiger partial charge in [-0.05, 0) is 53.9 Å². The second kappa shape index (κ2) is 9.22. The van der Waals surface area contributed by atoms with E-state index in [4.69, 9.17) is 21.7 Å². The van der Waals surface area contributed by atoms with E-state index in [9.17, 15) is 9.59 Å². The van der Waals surface area contributed by atoms with E-state index >= 15 is 0 Å². The third-order valence-electron chi connectivity index (χ3n) is 3.70. The number of methoxy groups -OCH3 is 1. The van der Waals surface area contributed by atoms with Gasteiger partial charge in [0.25, 0.3) is 11.8 Å². The summed E-state index contributed by atoms with van der Waals surface area (Å²) in [5.74, 6) is 0.498. The van der Waals surface area contributed by atoms with Gasteiger partial charge in [-0.3, -0.25) is 15.0 Å². The highest BCUT2D eigenvalue weighted by atomic mass is 32.2. The number of carbonyl (C=O) groups is 2. The Morgan fingerprint density at radius 3 is 2.82 bits per heavy atom. The van der Waals surface area contributed by atoms with Crippen LogP contribution in [0.3, 0.4) is 0 Å². The van der Waals surface area contributed by atoms with E-state index < -0.39 is 0 Å². The highest BCUT2D eigenvalue weighted by Crippen LogP contribution is 2.34. The monoisotopic (exact) mass is 434 g/mol. The predicted molar refractivity (Wildman–Crippen MR) is 116 cm³/mol. The van der Waals surface area contributed by atoms with Gasteiger partial charge in [0.2, 0.25) is 0 Å². The Labute approximate surface area is 176 Å². The summed E-state index contributed by atoms with van der Waals surface area (Å²) >= 11 is 7.67. The third kappa shape index (κ3) is 4.54. The minimum Gasteiger partial charge on any atom is -0.493 e. The van der Waals surface area contributed by atoms with Gasteiger partial charge in [0, 0.05) is 0 Å². The summed E-state index contributed by atoms with van der Waals surface area (Å²) in [5.41, 5.74) is 3.33. The lowest BCUT2D eigenvalue weighted by Gasteiger charge is -2.14. The molecule has 2 heterocycles. The quantitative estimate of drug-likeness (QED) is 0.523. The van der Waals surface area contributed by atoms with Crippen LogP contribution in [0.1, 0.15) is 28.6 Å². The average molecular weight is 435 g/mol. The fourth-order valence-electron chi connectivity index (χ4n) is 2.39. The number of hydrogen-bond donors (Lipinski definition) is 1. The van der Waals surface area contributed by atoms with Gasteiger partial charge in [0.05, 0.1) is 23.5 Å². The summed E-state index contributed by atoms with van der Waals surface area (Å²) in [4.78, 5) is 25.8. The van der Waals surface area contributed by atoms with Gasteiger partial charge in [-0.25, -0.2) is 0 Å². The molecule has 1 saturated heterocycles. The Hall–Kier alpha value is -2.36. The van der Waals surface area contributed by atoms with Crippen molar-refractivity contribution in [3.8, 4) is 11.5 Å². The molecule has 1 aromatic carbocycles. The van der Waals surface area contributed by atoms with Crippen molar-refractivity contribution >= 4 is 57.5 Å². The molecule has 0 aliphatic carbocycles. The molecule has 0 unspecified atom stereocenters. The maximum absolute atomic E-state index is 12.7. The second-order valence-corrected chi connectivity index (χ2v) is 8.32. The van der Waals surface area contributed by atoms with Crippen molar-refractivity contribution in [2.75, 3.05) is 13.7 Å². The van der Waals surface area contributed by atoms with E-state index in [2.05, 4.69) is 5.43 Å². The first-order chi connectivity index (χ1) is 13.5. The van der Waals surface area contributed by atoms with Gasteiger partial charge in [-0.1, -0.05) is 30.8 Å². The van der Waals surface area contributed by atoms with Crippen molar-refractivity contribution in [3.05, 3.63) is 51.1 Å². The van der Waals surface area contributed by atoms with Gasteiger partial charge in [0.15, 0.2) is 15.8 Å². The van der Waals surface area contributed by atoms with Gasteiger partial charge in [-0.2, -0.15) is 5.01 Å². The number of thiophene rings is 1. The number of benzene rings is 1. The largest absolute Gasteiger partial charge is 0.493 e. The van der Waals surface area contributed by atoms with E-state index in [1.165, 1.54) is 11.3 Å². The Bertz CT molecular complexity index is 925. The number of thioether (sulfide) groups is 1. The molecule has 0 spiro atoms. The number of carbonyl (C=O) groups excluding carboxylic acids is 2. The minimum atomic E-state index is -0.370. The first kappa shape index (κ1) is 20.4. The normalized spacial score (nSPS) is 15.2. The average Bonchev–Trinajstić information content (AvgIpc) is 3.32. The van der Waals surface area contributed by atoms with Crippen molar-refractivity contribution in [2.45, 2.75) is 13.3 Å². The fraction of sp³-hybridized carbons (Fsp3) is 0.211. The molecule has 6 nitrogen and oxygen atoms in total. The standard InChI is InChI=1S/C19H18N2O4S3/c1-3-8-25-13-7-6-12(10-14(13)24-2)11-16-18(23)21(19(26)28-16)20-17(22)15-5-4-9-27-15/h4-7,9-11H,3,8H2,1-2H3,(H,20,22)/b16-11-. The van der Waals surface area contributed by atoms with E-state index in [0.717, 1.165) is 28.8 Å². The molecule has 0 radical (unpaired) electrons. The van der Waals surface area contributed by atoms with Crippen molar-refractivity contribution in [1.82, 2.24) is 10.4 Å². The number of nitrogens with zero attached hydrogens (tertiary/aromatic N) is 1. The Balaban J connectivity index is 1.76. The maximum atomic E-state index is 12.7. The van der Waals surface area contributed by atoms with Crippen LogP contribution in [0.25, 0.3) is 6.08 Å². The summed E-state index contributed by atoms with van der Waals surface area (Å²) in [6, 6.07) is 8.89. The van der Waals surface area contributed by atoms with E-state index in [1.54, 1.807) is 42.8 Å². The molecule has 1 N–H and O–H groups in total. The molecule has 1 fully saturated rings. The Morgan fingerprint density at radius 1 is 1.32 bits per heavy atom. The number of amides is 2. The lowest BCUT2D eigenvalue weighted by Crippen LogP contribution is -2.44. The Morgan fingerprint density at radius 2 is 2.14 bits per heavy atom. The smallest absolute Gasteiger partial charge is 0.285 e. The third-order valence-corrected chi connectivity index (χ3v) is 5.87. The Kier molecular flexibility index (Phi) is 6.71. The molecule has 1 aliphatic heterocycles. The molecule has 0 bridgehead atoms. The minimum absolute atomic E-state index is 0.274.